The Kier molecular flexibility index (Phi) is 6.04. The van der Waals surface area contributed by atoms with E-state index in [1.807, 2.05) is 0 Å². The number of nitrogens with one attached hydrogen (secondary N) is 1. The molecule has 0 heterocycles. The summed E-state index contributed by atoms with van der Waals surface area (Å²) < 4.78 is 4.86. The molecule has 2 aromatic carbocycles. The highest BCUT2D eigenvalue weighted by Gasteiger charge is 2.15. The maximum Gasteiger partial charge on any atom is 0.338 e. The molecule has 0 aliphatic heterocycles. The van der Waals surface area contributed by atoms with Gasteiger partial charge in [-0.05, 0) is 29.8 Å². The highest BCUT2D eigenvalue weighted by molar-refractivity contribution is 6.32. The van der Waals surface area contributed by atoms with E-state index in [0.717, 1.165) is 6.07 Å². The van der Waals surface area contributed by atoms with Crippen molar-refractivity contribution in [3.05, 3.63) is 68.7 Å². The second-order valence-electron chi connectivity index (χ2n) is 4.90. The fourth-order valence-electron chi connectivity index (χ4n) is 1.89. The lowest BCUT2D eigenvalue weighted by molar-refractivity contribution is -0.384. The van der Waals surface area contributed by atoms with Gasteiger partial charge in [0, 0.05) is 11.8 Å². The number of benzene rings is 2. The molecule has 0 unspecified atom stereocenters. The van der Waals surface area contributed by atoms with E-state index in [0.29, 0.717) is 5.56 Å². The molecule has 1 amide bonds. The van der Waals surface area contributed by atoms with Crippen molar-refractivity contribution in [3.8, 4) is 0 Å². The molecule has 8 nitrogen and oxygen atoms in total. The third kappa shape index (κ3) is 5.00. The van der Waals surface area contributed by atoms with Crippen molar-refractivity contribution in [1.82, 2.24) is 0 Å². The van der Waals surface area contributed by atoms with Gasteiger partial charge in [-0.2, -0.15) is 0 Å². The average molecular weight is 365 g/mol. The summed E-state index contributed by atoms with van der Waals surface area (Å²) in [6, 6.07) is 9.83. The van der Waals surface area contributed by atoms with Gasteiger partial charge in [-0.15, -0.1) is 0 Å². The number of anilines is 1. The average Bonchev–Trinajstić information content (AvgIpc) is 2.61. The lowest BCUT2D eigenvalue weighted by Gasteiger charge is -2.07. The number of ether oxygens (including phenoxy) is 1. The number of carbonyl (C=O) groups excluding carboxylic acids is 2. The Morgan fingerprint density at radius 3 is 2.48 bits per heavy atom. The van der Waals surface area contributed by atoms with Crippen LogP contribution in [0.25, 0.3) is 0 Å². The van der Waals surface area contributed by atoms with Crippen LogP contribution in [0.4, 0.5) is 11.4 Å². The SMILES string of the molecule is O=C(COC(=O)c1ccc(CO)cc1)Nc1ccc(Cl)c([N+](=O)[O-])c1. The largest absolute Gasteiger partial charge is 0.452 e. The standard InChI is InChI=1S/C16H13ClN2O6/c17-13-6-5-12(7-14(13)19(23)24)18-15(21)9-25-16(22)11-3-1-10(8-20)2-4-11/h1-7,20H,8-9H2,(H,18,21). The highest BCUT2D eigenvalue weighted by Crippen LogP contribution is 2.27. The summed E-state index contributed by atoms with van der Waals surface area (Å²) in [5.74, 6) is -1.36. The van der Waals surface area contributed by atoms with Crippen LogP contribution in [-0.2, 0) is 16.1 Å². The molecule has 130 valence electrons. The zero-order valence-corrected chi connectivity index (χ0v) is 13.5. The lowest BCUT2D eigenvalue weighted by atomic mass is 10.1. The third-order valence-corrected chi connectivity index (χ3v) is 3.45. The summed E-state index contributed by atoms with van der Waals surface area (Å²) in [7, 11) is 0. The number of aliphatic hydroxyl groups is 1. The van der Waals surface area contributed by atoms with Crippen molar-refractivity contribution < 1.29 is 24.4 Å². The van der Waals surface area contributed by atoms with Gasteiger partial charge in [-0.25, -0.2) is 4.79 Å². The highest BCUT2D eigenvalue weighted by atomic mass is 35.5. The van der Waals surface area contributed by atoms with Crippen LogP contribution < -0.4 is 5.32 Å². The summed E-state index contributed by atoms with van der Waals surface area (Å²) >= 11 is 5.68. The number of carbonyl (C=O) groups is 2. The number of esters is 1. The third-order valence-electron chi connectivity index (χ3n) is 3.13. The molecule has 0 fully saturated rings. The lowest BCUT2D eigenvalue weighted by Crippen LogP contribution is -2.21. The Labute approximate surface area is 147 Å². The predicted octanol–water partition coefficient (Wildman–Crippen LogP) is 2.54. The molecule has 0 aromatic heterocycles. The molecule has 25 heavy (non-hydrogen) atoms. The zero-order valence-electron chi connectivity index (χ0n) is 12.8. The van der Waals surface area contributed by atoms with Crippen LogP contribution in [0.3, 0.4) is 0 Å². The minimum absolute atomic E-state index is 0.0549. The van der Waals surface area contributed by atoms with Gasteiger partial charge in [0.15, 0.2) is 6.61 Å². The number of halogens is 1. The van der Waals surface area contributed by atoms with Gasteiger partial charge in [0.1, 0.15) is 5.02 Å². The summed E-state index contributed by atoms with van der Waals surface area (Å²) in [5.41, 5.74) is 0.677. The topological polar surface area (TPSA) is 119 Å². The first-order valence-corrected chi connectivity index (χ1v) is 7.39. The summed E-state index contributed by atoms with van der Waals surface area (Å²) in [6.45, 7) is -0.706. The van der Waals surface area contributed by atoms with E-state index in [-0.39, 0.29) is 28.6 Å². The molecule has 0 aliphatic carbocycles. The zero-order chi connectivity index (χ0) is 18.4. The molecular formula is C16H13ClN2O6. The molecular weight excluding hydrogens is 352 g/mol. The van der Waals surface area contributed by atoms with Gasteiger partial charge in [0.2, 0.25) is 0 Å². The Morgan fingerprint density at radius 1 is 1.20 bits per heavy atom. The van der Waals surface area contributed by atoms with Crippen LogP contribution in [0, 0.1) is 10.1 Å². The Bertz CT molecular complexity index is 807. The van der Waals surface area contributed by atoms with Crippen LogP contribution in [0.5, 0.6) is 0 Å². The minimum atomic E-state index is -0.707. The van der Waals surface area contributed by atoms with Crippen LogP contribution in [0.2, 0.25) is 5.02 Å². The fourth-order valence-corrected chi connectivity index (χ4v) is 2.07. The number of amides is 1. The van der Waals surface area contributed by atoms with Crippen molar-refractivity contribution in [2.75, 3.05) is 11.9 Å². The maximum absolute atomic E-state index is 11.8. The van der Waals surface area contributed by atoms with Crippen molar-refractivity contribution in [3.63, 3.8) is 0 Å². The number of nitrogens with zero attached hydrogens (tertiary/aromatic N) is 1. The van der Waals surface area contributed by atoms with Gasteiger partial charge in [0.25, 0.3) is 11.6 Å². The Balaban J connectivity index is 1.93. The van der Waals surface area contributed by atoms with E-state index >= 15 is 0 Å². The quantitative estimate of drug-likeness (QED) is 0.462. The normalized spacial score (nSPS) is 10.2. The summed E-state index contributed by atoms with van der Waals surface area (Å²) in [5, 5.41) is 22.1. The fraction of sp³-hybridized carbons (Fsp3) is 0.125. The van der Waals surface area contributed by atoms with E-state index in [1.165, 1.54) is 24.3 Å². The molecule has 2 aromatic rings. The number of nitro groups is 1. The molecule has 0 radical (unpaired) electrons. The van der Waals surface area contributed by atoms with Gasteiger partial charge in [-0.1, -0.05) is 23.7 Å². The van der Waals surface area contributed by atoms with Crippen LogP contribution in [0.1, 0.15) is 15.9 Å². The number of rotatable bonds is 6. The monoisotopic (exact) mass is 364 g/mol. The first-order valence-electron chi connectivity index (χ1n) is 7.01. The maximum atomic E-state index is 11.8. The van der Waals surface area contributed by atoms with Crippen molar-refractivity contribution in [1.29, 1.82) is 0 Å². The van der Waals surface area contributed by atoms with E-state index in [2.05, 4.69) is 5.32 Å². The number of aliphatic hydroxyl groups excluding tert-OH is 1. The molecule has 9 heteroatoms. The van der Waals surface area contributed by atoms with E-state index < -0.39 is 23.4 Å². The molecule has 2 rings (SSSR count). The van der Waals surface area contributed by atoms with Gasteiger partial charge < -0.3 is 15.2 Å². The Morgan fingerprint density at radius 2 is 1.88 bits per heavy atom. The first kappa shape index (κ1) is 18.4. The molecule has 0 saturated carbocycles. The smallest absolute Gasteiger partial charge is 0.338 e. The number of hydrogen-bond acceptors (Lipinski definition) is 6. The van der Waals surface area contributed by atoms with Crippen LogP contribution in [0.15, 0.2) is 42.5 Å². The summed E-state index contributed by atoms with van der Waals surface area (Å²) in [6.07, 6.45) is 0. The van der Waals surface area contributed by atoms with Crippen molar-refractivity contribution in [2.45, 2.75) is 6.61 Å². The van der Waals surface area contributed by atoms with Crippen LogP contribution >= 0.6 is 11.6 Å². The van der Waals surface area contributed by atoms with Gasteiger partial charge in [-0.3, -0.25) is 14.9 Å². The van der Waals surface area contributed by atoms with Gasteiger partial charge >= 0.3 is 5.97 Å². The van der Waals surface area contributed by atoms with E-state index in [4.69, 9.17) is 21.4 Å². The predicted molar refractivity (Wildman–Crippen MR) is 89.4 cm³/mol. The second-order valence-corrected chi connectivity index (χ2v) is 5.31. The molecule has 0 aliphatic rings. The van der Waals surface area contributed by atoms with E-state index in [9.17, 15) is 19.7 Å². The number of hydrogen-bond donors (Lipinski definition) is 2. The van der Waals surface area contributed by atoms with E-state index in [1.54, 1.807) is 12.1 Å². The summed E-state index contributed by atoms with van der Waals surface area (Å²) in [4.78, 5) is 33.7. The first-order chi connectivity index (χ1) is 11.9. The molecule has 0 bridgehead atoms. The van der Waals surface area contributed by atoms with Crippen molar-refractivity contribution >= 4 is 34.9 Å². The van der Waals surface area contributed by atoms with Crippen LogP contribution in [-0.4, -0.2) is 28.5 Å². The molecule has 0 spiro atoms. The second kappa shape index (κ2) is 8.22. The molecule has 0 saturated heterocycles. The van der Waals surface area contributed by atoms with Gasteiger partial charge in [0.05, 0.1) is 17.1 Å². The molecule has 0 atom stereocenters. The molecule has 2 N–H and O–H groups in total. The minimum Gasteiger partial charge on any atom is -0.452 e. The Hall–Kier alpha value is -2.97. The number of nitro benzene ring substituents is 1. The van der Waals surface area contributed by atoms with Crippen molar-refractivity contribution in [2.24, 2.45) is 0 Å².